The smallest absolute Gasteiger partial charge is 0.222 e. The van der Waals surface area contributed by atoms with E-state index in [4.69, 9.17) is 0 Å². The van der Waals surface area contributed by atoms with Gasteiger partial charge in [-0.3, -0.25) is 9.69 Å². The van der Waals surface area contributed by atoms with Crippen molar-refractivity contribution in [3.8, 4) is 0 Å². The van der Waals surface area contributed by atoms with Crippen molar-refractivity contribution in [3.63, 3.8) is 0 Å². The number of imidazole rings is 1. The molecule has 1 aromatic rings. The summed E-state index contributed by atoms with van der Waals surface area (Å²) >= 11 is 0. The lowest BCUT2D eigenvalue weighted by atomic mass is 10.2. The normalized spacial score (nSPS) is 16.5. The van der Waals surface area contributed by atoms with Gasteiger partial charge in [-0.05, 0) is 6.42 Å². The number of carbonyl (C=O) groups is 1. The monoisotopic (exact) mass is 262 g/mol. The first-order valence-electron chi connectivity index (χ1n) is 6.86. The van der Waals surface area contributed by atoms with Gasteiger partial charge in [-0.15, -0.1) is 6.58 Å². The largest absolute Gasteiger partial charge is 0.340 e. The van der Waals surface area contributed by atoms with Gasteiger partial charge in [-0.25, -0.2) is 4.98 Å². The first-order chi connectivity index (χ1) is 9.29. The van der Waals surface area contributed by atoms with Crippen LogP contribution in [0.15, 0.2) is 31.4 Å². The van der Waals surface area contributed by atoms with Crippen LogP contribution in [0.25, 0.3) is 0 Å². The summed E-state index contributed by atoms with van der Waals surface area (Å²) in [4.78, 5) is 20.3. The van der Waals surface area contributed by atoms with Crippen LogP contribution in [0.2, 0.25) is 0 Å². The summed E-state index contributed by atoms with van der Waals surface area (Å²) < 4.78 is 2.08. The number of carbonyl (C=O) groups excluding carboxylic acids is 1. The minimum Gasteiger partial charge on any atom is -0.340 e. The average molecular weight is 262 g/mol. The van der Waals surface area contributed by atoms with Crippen molar-refractivity contribution < 1.29 is 4.79 Å². The van der Waals surface area contributed by atoms with Gasteiger partial charge in [-0.2, -0.15) is 0 Å². The third kappa shape index (κ3) is 4.21. The van der Waals surface area contributed by atoms with Crippen molar-refractivity contribution in [2.24, 2.45) is 0 Å². The highest BCUT2D eigenvalue weighted by Crippen LogP contribution is 2.05. The zero-order valence-corrected chi connectivity index (χ0v) is 11.4. The predicted molar refractivity (Wildman–Crippen MR) is 74.7 cm³/mol. The minimum absolute atomic E-state index is 0.258. The molecule has 0 aromatic carbocycles. The Morgan fingerprint density at radius 1 is 1.26 bits per heavy atom. The molecule has 2 heterocycles. The molecule has 2 rings (SSSR count). The number of allylic oxidation sites excluding steroid dienone is 1. The van der Waals surface area contributed by atoms with E-state index in [9.17, 15) is 4.79 Å². The highest BCUT2D eigenvalue weighted by Gasteiger charge is 2.19. The minimum atomic E-state index is 0.258. The lowest BCUT2D eigenvalue weighted by Crippen LogP contribution is -2.49. The highest BCUT2D eigenvalue weighted by molar-refractivity contribution is 5.76. The summed E-state index contributed by atoms with van der Waals surface area (Å²) in [5.74, 6) is 0.258. The molecule has 1 saturated heterocycles. The molecule has 19 heavy (non-hydrogen) atoms. The van der Waals surface area contributed by atoms with E-state index >= 15 is 0 Å². The second-order valence-corrected chi connectivity index (χ2v) is 4.85. The third-order valence-electron chi connectivity index (χ3n) is 3.52. The van der Waals surface area contributed by atoms with Gasteiger partial charge in [0.05, 0.1) is 6.33 Å². The number of amides is 1. The second kappa shape index (κ2) is 7.09. The van der Waals surface area contributed by atoms with Crippen LogP contribution in [0.3, 0.4) is 0 Å². The molecular weight excluding hydrogens is 240 g/mol. The fourth-order valence-electron chi connectivity index (χ4n) is 2.28. The molecule has 5 heteroatoms. The Morgan fingerprint density at radius 3 is 2.68 bits per heavy atom. The molecule has 1 aromatic heterocycles. The fourth-order valence-corrected chi connectivity index (χ4v) is 2.28. The Bertz CT molecular complexity index is 394. The van der Waals surface area contributed by atoms with Crippen LogP contribution < -0.4 is 0 Å². The Labute approximate surface area is 114 Å². The zero-order valence-electron chi connectivity index (χ0n) is 11.4. The van der Waals surface area contributed by atoms with Crippen LogP contribution in [-0.4, -0.2) is 58.0 Å². The van der Waals surface area contributed by atoms with Crippen molar-refractivity contribution in [3.05, 3.63) is 31.4 Å². The molecule has 1 amide bonds. The van der Waals surface area contributed by atoms with Crippen LogP contribution in [0, 0.1) is 0 Å². The van der Waals surface area contributed by atoms with Gasteiger partial charge >= 0.3 is 0 Å². The molecule has 0 saturated carbocycles. The summed E-state index contributed by atoms with van der Waals surface area (Å²) in [6.45, 7) is 9.26. The number of nitrogens with zero attached hydrogens (tertiary/aromatic N) is 4. The first-order valence-corrected chi connectivity index (χ1v) is 6.86. The van der Waals surface area contributed by atoms with Crippen LogP contribution in [0.1, 0.15) is 12.8 Å². The van der Waals surface area contributed by atoms with E-state index in [0.29, 0.717) is 6.42 Å². The topological polar surface area (TPSA) is 41.4 Å². The van der Waals surface area contributed by atoms with E-state index in [-0.39, 0.29) is 5.91 Å². The predicted octanol–water partition coefficient (Wildman–Crippen LogP) is 0.993. The first kappa shape index (κ1) is 13.8. The van der Waals surface area contributed by atoms with Crippen LogP contribution >= 0.6 is 0 Å². The molecule has 0 spiro atoms. The summed E-state index contributed by atoms with van der Waals surface area (Å²) in [5, 5.41) is 0. The Hall–Kier alpha value is -1.62. The van der Waals surface area contributed by atoms with Gasteiger partial charge in [0.1, 0.15) is 0 Å². The van der Waals surface area contributed by atoms with E-state index in [2.05, 4.69) is 21.0 Å². The van der Waals surface area contributed by atoms with Crippen LogP contribution in [0.4, 0.5) is 0 Å². The molecule has 0 aliphatic carbocycles. The molecule has 0 unspecified atom stereocenters. The maximum Gasteiger partial charge on any atom is 0.222 e. The van der Waals surface area contributed by atoms with Gasteiger partial charge < -0.3 is 9.47 Å². The van der Waals surface area contributed by atoms with Crippen molar-refractivity contribution >= 4 is 5.91 Å². The summed E-state index contributed by atoms with van der Waals surface area (Å²) in [6, 6.07) is 0. The molecule has 104 valence electrons. The van der Waals surface area contributed by atoms with Gasteiger partial charge in [0.15, 0.2) is 0 Å². The number of rotatable bonds is 6. The molecule has 1 fully saturated rings. The molecule has 0 radical (unpaired) electrons. The standard InChI is InChI=1S/C14H22N4O/c1-2-3-4-14(19)18-11-9-16(10-12-18)7-8-17-6-5-15-13-17/h2,5-6,13H,1,3-4,7-12H2. The fraction of sp³-hybridized carbons (Fsp3) is 0.571. The summed E-state index contributed by atoms with van der Waals surface area (Å²) in [5.41, 5.74) is 0. The molecule has 0 N–H and O–H groups in total. The molecule has 0 atom stereocenters. The average Bonchev–Trinajstić information content (AvgIpc) is 2.96. The molecule has 0 bridgehead atoms. The van der Waals surface area contributed by atoms with Crippen molar-refractivity contribution in [2.75, 3.05) is 32.7 Å². The number of aromatic nitrogens is 2. The van der Waals surface area contributed by atoms with E-state index in [1.54, 1.807) is 12.3 Å². The van der Waals surface area contributed by atoms with Gasteiger partial charge in [0.2, 0.25) is 5.91 Å². The molecular formula is C14H22N4O. The maximum atomic E-state index is 11.9. The van der Waals surface area contributed by atoms with Gasteiger partial charge in [0.25, 0.3) is 0 Å². The van der Waals surface area contributed by atoms with Crippen molar-refractivity contribution in [2.45, 2.75) is 19.4 Å². The Morgan fingerprint density at radius 2 is 2.05 bits per heavy atom. The number of hydrogen-bond donors (Lipinski definition) is 0. The SMILES string of the molecule is C=CCCC(=O)N1CCN(CCn2ccnc2)CC1. The van der Waals surface area contributed by atoms with Crippen LogP contribution in [0.5, 0.6) is 0 Å². The molecule has 5 nitrogen and oxygen atoms in total. The van der Waals surface area contributed by atoms with Gasteiger partial charge in [0, 0.05) is 58.1 Å². The van der Waals surface area contributed by atoms with E-state index in [1.807, 2.05) is 17.4 Å². The number of hydrogen-bond acceptors (Lipinski definition) is 3. The van der Waals surface area contributed by atoms with E-state index in [1.165, 1.54) is 0 Å². The lowest BCUT2D eigenvalue weighted by Gasteiger charge is -2.34. The van der Waals surface area contributed by atoms with E-state index < -0.39 is 0 Å². The lowest BCUT2D eigenvalue weighted by molar-refractivity contribution is -0.132. The maximum absolute atomic E-state index is 11.9. The van der Waals surface area contributed by atoms with Crippen molar-refractivity contribution in [1.29, 1.82) is 0 Å². The van der Waals surface area contributed by atoms with E-state index in [0.717, 1.165) is 45.7 Å². The molecule has 1 aliphatic heterocycles. The second-order valence-electron chi connectivity index (χ2n) is 4.85. The van der Waals surface area contributed by atoms with Crippen LogP contribution in [-0.2, 0) is 11.3 Å². The highest BCUT2D eigenvalue weighted by atomic mass is 16.2. The Kier molecular flexibility index (Phi) is 5.15. The quantitative estimate of drug-likeness (QED) is 0.718. The van der Waals surface area contributed by atoms with Gasteiger partial charge in [-0.1, -0.05) is 6.08 Å². The van der Waals surface area contributed by atoms with Crippen molar-refractivity contribution in [1.82, 2.24) is 19.4 Å². The summed E-state index contributed by atoms with van der Waals surface area (Å²) in [7, 11) is 0. The molecule has 1 aliphatic rings. The third-order valence-corrected chi connectivity index (χ3v) is 3.52. The zero-order chi connectivity index (χ0) is 13.5. The number of piperazine rings is 1. The summed E-state index contributed by atoms with van der Waals surface area (Å²) in [6.07, 6.45) is 8.80. The Balaban J connectivity index is 1.67.